The predicted molar refractivity (Wildman–Crippen MR) is 70.1 cm³/mol. The molecule has 0 bridgehead atoms. The highest BCUT2D eigenvalue weighted by Gasteiger charge is 2.37. The molecule has 1 saturated carbocycles. The molecule has 0 heterocycles. The van der Waals surface area contributed by atoms with Crippen LogP contribution in [0.3, 0.4) is 0 Å². The molecule has 1 N–H and O–H groups in total. The van der Waals surface area contributed by atoms with Crippen LogP contribution in [0.5, 0.6) is 0 Å². The summed E-state index contributed by atoms with van der Waals surface area (Å²) in [6, 6.07) is 7.99. The van der Waals surface area contributed by atoms with Crippen molar-refractivity contribution in [1.82, 2.24) is 0 Å². The summed E-state index contributed by atoms with van der Waals surface area (Å²) in [4.78, 5) is 14.8. The lowest BCUT2D eigenvalue weighted by atomic mass is 9.84. The molecule has 3 heteroatoms. The third-order valence-electron chi connectivity index (χ3n) is 3.72. The Morgan fingerprint density at radius 3 is 2.67 bits per heavy atom. The summed E-state index contributed by atoms with van der Waals surface area (Å²) in [5.74, 6) is 0. The van der Waals surface area contributed by atoms with Crippen LogP contribution in [0.2, 0.25) is 0 Å². The van der Waals surface area contributed by atoms with E-state index in [2.05, 4.69) is 4.99 Å². The Hall–Kier alpha value is -1.44. The van der Waals surface area contributed by atoms with Gasteiger partial charge in [0, 0.05) is 0 Å². The highest BCUT2D eigenvalue weighted by molar-refractivity contribution is 5.42. The molecule has 3 nitrogen and oxygen atoms in total. The Morgan fingerprint density at radius 1 is 1.39 bits per heavy atom. The molecule has 96 valence electrons. The summed E-state index contributed by atoms with van der Waals surface area (Å²) in [5, 5.41) is 9.58. The second-order valence-electron chi connectivity index (χ2n) is 5.15. The molecule has 1 aromatic rings. The smallest absolute Gasteiger partial charge is 0.235 e. The molecular formula is C15H19NO2. The molecule has 1 fully saturated rings. The van der Waals surface area contributed by atoms with Crippen molar-refractivity contribution in [1.29, 1.82) is 0 Å². The van der Waals surface area contributed by atoms with Crippen LogP contribution in [0, 0.1) is 0 Å². The fourth-order valence-corrected chi connectivity index (χ4v) is 2.96. The van der Waals surface area contributed by atoms with E-state index in [0.29, 0.717) is 6.42 Å². The Balaban J connectivity index is 2.44. The zero-order chi connectivity index (χ0) is 13.0. The zero-order valence-electron chi connectivity index (χ0n) is 10.7. The minimum Gasteiger partial charge on any atom is -0.393 e. The van der Waals surface area contributed by atoms with E-state index in [1.165, 1.54) is 0 Å². The van der Waals surface area contributed by atoms with E-state index in [9.17, 15) is 9.90 Å². The fourth-order valence-electron chi connectivity index (χ4n) is 2.96. The molecule has 1 aromatic carbocycles. The SMILES string of the molecule is CC(O)Cc1ccccc1C1(N=C=O)CCCC1. The molecule has 0 aliphatic heterocycles. The van der Waals surface area contributed by atoms with Gasteiger partial charge in [-0.15, -0.1) is 0 Å². The standard InChI is InChI=1S/C15H19NO2/c1-12(18)10-13-6-2-3-7-14(13)15(16-11-17)8-4-5-9-15/h2-3,6-7,12,18H,4-5,8-10H2,1H3. The van der Waals surface area contributed by atoms with Gasteiger partial charge in [0.05, 0.1) is 11.6 Å². The number of carbonyl (C=O) groups excluding carboxylic acids is 1. The number of rotatable bonds is 4. The molecule has 0 radical (unpaired) electrons. The highest BCUT2D eigenvalue weighted by Crippen LogP contribution is 2.43. The highest BCUT2D eigenvalue weighted by atomic mass is 16.3. The van der Waals surface area contributed by atoms with E-state index < -0.39 is 5.54 Å². The van der Waals surface area contributed by atoms with Crippen molar-refractivity contribution in [2.24, 2.45) is 4.99 Å². The molecule has 0 spiro atoms. The molecule has 0 amide bonds. The maximum Gasteiger partial charge on any atom is 0.235 e. The summed E-state index contributed by atoms with van der Waals surface area (Å²) < 4.78 is 0. The van der Waals surface area contributed by atoms with Gasteiger partial charge in [0.15, 0.2) is 0 Å². The predicted octanol–water partition coefficient (Wildman–Crippen LogP) is 2.72. The van der Waals surface area contributed by atoms with Crippen LogP contribution >= 0.6 is 0 Å². The molecular weight excluding hydrogens is 226 g/mol. The third kappa shape index (κ3) is 2.53. The van der Waals surface area contributed by atoms with Gasteiger partial charge in [-0.05, 0) is 37.3 Å². The maximum absolute atomic E-state index is 10.7. The largest absolute Gasteiger partial charge is 0.393 e. The first-order chi connectivity index (χ1) is 8.68. The number of aliphatic hydroxyl groups is 1. The van der Waals surface area contributed by atoms with Crippen LogP contribution in [0.15, 0.2) is 29.3 Å². The number of nitrogens with zero attached hydrogens (tertiary/aromatic N) is 1. The number of hydrogen-bond donors (Lipinski definition) is 1. The van der Waals surface area contributed by atoms with Gasteiger partial charge in [0.2, 0.25) is 6.08 Å². The van der Waals surface area contributed by atoms with E-state index in [-0.39, 0.29) is 6.10 Å². The molecule has 1 unspecified atom stereocenters. The van der Waals surface area contributed by atoms with Crippen molar-refractivity contribution in [3.05, 3.63) is 35.4 Å². The van der Waals surface area contributed by atoms with Crippen LogP contribution in [-0.4, -0.2) is 17.3 Å². The van der Waals surface area contributed by atoms with Crippen molar-refractivity contribution in [2.45, 2.75) is 50.7 Å². The van der Waals surface area contributed by atoms with Crippen molar-refractivity contribution in [3.63, 3.8) is 0 Å². The van der Waals surface area contributed by atoms with Crippen LogP contribution in [0.4, 0.5) is 0 Å². The first-order valence-electron chi connectivity index (χ1n) is 6.53. The van der Waals surface area contributed by atoms with Crippen LogP contribution in [-0.2, 0) is 16.8 Å². The van der Waals surface area contributed by atoms with Crippen molar-refractivity contribution in [3.8, 4) is 0 Å². The molecule has 1 aliphatic carbocycles. The van der Waals surface area contributed by atoms with Gasteiger partial charge < -0.3 is 5.11 Å². The minimum absolute atomic E-state index is 0.384. The van der Waals surface area contributed by atoms with Crippen molar-refractivity contribution in [2.75, 3.05) is 0 Å². The van der Waals surface area contributed by atoms with E-state index in [4.69, 9.17) is 0 Å². The zero-order valence-corrected chi connectivity index (χ0v) is 10.7. The number of benzene rings is 1. The summed E-state index contributed by atoms with van der Waals surface area (Å²) >= 11 is 0. The average Bonchev–Trinajstić information content (AvgIpc) is 2.79. The van der Waals surface area contributed by atoms with E-state index in [1.807, 2.05) is 24.3 Å². The minimum atomic E-state index is -0.396. The molecule has 1 aliphatic rings. The Kier molecular flexibility index (Phi) is 3.95. The number of isocyanates is 1. The first-order valence-corrected chi connectivity index (χ1v) is 6.53. The van der Waals surface area contributed by atoms with Crippen LogP contribution in [0.1, 0.15) is 43.7 Å². The fraction of sp³-hybridized carbons (Fsp3) is 0.533. The Labute approximate surface area is 108 Å². The molecule has 0 saturated heterocycles. The lowest BCUT2D eigenvalue weighted by Gasteiger charge is -2.26. The van der Waals surface area contributed by atoms with Crippen molar-refractivity contribution >= 4 is 6.08 Å². The summed E-state index contributed by atoms with van der Waals surface area (Å²) in [6.07, 6.45) is 5.95. The first kappa shape index (κ1) is 13.0. The van der Waals surface area contributed by atoms with Gasteiger partial charge in [-0.3, -0.25) is 0 Å². The molecule has 2 rings (SSSR count). The van der Waals surface area contributed by atoms with Crippen LogP contribution < -0.4 is 0 Å². The van der Waals surface area contributed by atoms with E-state index in [1.54, 1.807) is 13.0 Å². The number of hydrogen-bond acceptors (Lipinski definition) is 3. The number of aliphatic hydroxyl groups excluding tert-OH is 1. The second-order valence-corrected chi connectivity index (χ2v) is 5.15. The second kappa shape index (κ2) is 5.47. The lowest BCUT2D eigenvalue weighted by molar-refractivity contribution is 0.194. The monoisotopic (exact) mass is 245 g/mol. The summed E-state index contributed by atoms with van der Waals surface area (Å²) in [7, 11) is 0. The van der Waals surface area contributed by atoms with Crippen LogP contribution in [0.25, 0.3) is 0 Å². The average molecular weight is 245 g/mol. The third-order valence-corrected chi connectivity index (χ3v) is 3.72. The van der Waals surface area contributed by atoms with Gasteiger partial charge in [-0.2, -0.15) is 4.99 Å². The Bertz CT molecular complexity index is 455. The van der Waals surface area contributed by atoms with Crippen molar-refractivity contribution < 1.29 is 9.90 Å². The molecule has 1 atom stereocenters. The van der Waals surface area contributed by atoms with E-state index in [0.717, 1.165) is 36.8 Å². The van der Waals surface area contributed by atoms with Gasteiger partial charge in [-0.25, -0.2) is 4.79 Å². The Morgan fingerprint density at radius 2 is 2.06 bits per heavy atom. The van der Waals surface area contributed by atoms with Gasteiger partial charge in [0.25, 0.3) is 0 Å². The molecule has 0 aromatic heterocycles. The molecule has 18 heavy (non-hydrogen) atoms. The van der Waals surface area contributed by atoms with Gasteiger partial charge >= 0.3 is 0 Å². The topological polar surface area (TPSA) is 49.7 Å². The summed E-state index contributed by atoms with van der Waals surface area (Å²) in [6.45, 7) is 1.78. The quantitative estimate of drug-likeness (QED) is 0.655. The van der Waals surface area contributed by atoms with E-state index >= 15 is 0 Å². The number of aliphatic imine (C=N–C) groups is 1. The lowest BCUT2D eigenvalue weighted by Crippen LogP contribution is -2.22. The normalized spacial score (nSPS) is 19.2. The summed E-state index contributed by atoms with van der Waals surface area (Å²) in [5.41, 5.74) is 1.79. The van der Waals surface area contributed by atoms with Gasteiger partial charge in [-0.1, -0.05) is 37.1 Å². The maximum atomic E-state index is 10.7. The van der Waals surface area contributed by atoms with Gasteiger partial charge in [0.1, 0.15) is 0 Å².